The molecule has 0 aliphatic heterocycles. The lowest BCUT2D eigenvalue weighted by Gasteiger charge is -2.09. The molecule has 0 spiro atoms. The Morgan fingerprint density at radius 1 is 1.15 bits per heavy atom. The van der Waals surface area contributed by atoms with Gasteiger partial charge in [-0.05, 0) is 24.6 Å². The molecule has 2 aromatic rings. The van der Waals surface area contributed by atoms with Crippen LogP contribution in [0.3, 0.4) is 0 Å². The van der Waals surface area contributed by atoms with Gasteiger partial charge in [-0.2, -0.15) is 0 Å². The average Bonchev–Trinajstić information content (AvgIpc) is 2.44. The van der Waals surface area contributed by atoms with E-state index >= 15 is 0 Å². The average molecular weight is 269 g/mol. The number of carbonyl (C=O) groups is 1. The minimum atomic E-state index is -0.491. The maximum Gasteiger partial charge on any atom is 0.164 e. The molecule has 0 amide bonds. The number of benzene rings is 2. The van der Waals surface area contributed by atoms with Crippen molar-refractivity contribution in [1.29, 1.82) is 0 Å². The largest absolute Gasteiger partial charge is 0.381 e. The summed E-state index contributed by atoms with van der Waals surface area (Å²) in [6.45, 7) is 1.89. The molecule has 0 heterocycles. The van der Waals surface area contributed by atoms with Crippen LogP contribution in [0.25, 0.3) is 6.08 Å². The molecule has 3 heteroatoms. The first-order valence-corrected chi connectivity index (χ1v) is 6.43. The number of halogens is 1. The second kappa shape index (κ2) is 6.66. The van der Waals surface area contributed by atoms with Gasteiger partial charge in [0.05, 0.1) is 5.56 Å². The van der Waals surface area contributed by atoms with Crippen LogP contribution in [0.15, 0.2) is 54.6 Å². The molecule has 2 aromatic carbocycles. The van der Waals surface area contributed by atoms with Gasteiger partial charge in [0, 0.05) is 12.2 Å². The van der Waals surface area contributed by atoms with Crippen LogP contribution in [0, 0.1) is 5.82 Å². The summed E-state index contributed by atoms with van der Waals surface area (Å²) in [5.74, 6) is -0.771. The number of rotatable bonds is 5. The highest BCUT2D eigenvalue weighted by Gasteiger charge is 2.11. The Labute approximate surface area is 118 Å². The zero-order chi connectivity index (χ0) is 14.4. The Hall–Kier alpha value is -2.42. The molecular formula is C17H16FNO. The molecule has 20 heavy (non-hydrogen) atoms. The summed E-state index contributed by atoms with van der Waals surface area (Å²) >= 11 is 0. The third kappa shape index (κ3) is 3.54. The highest BCUT2D eigenvalue weighted by molar-refractivity contribution is 5.99. The number of hydrogen-bond acceptors (Lipinski definition) is 2. The molecule has 0 aliphatic rings. The lowest BCUT2D eigenvalue weighted by Crippen LogP contribution is -2.06. The Morgan fingerprint density at radius 3 is 2.60 bits per heavy atom. The summed E-state index contributed by atoms with van der Waals surface area (Å²) in [5.41, 5.74) is 1.73. The summed E-state index contributed by atoms with van der Waals surface area (Å²) in [7, 11) is 0. The molecule has 2 rings (SSSR count). The van der Waals surface area contributed by atoms with Crippen LogP contribution in [-0.4, -0.2) is 12.3 Å². The van der Waals surface area contributed by atoms with Gasteiger partial charge >= 0.3 is 0 Å². The van der Waals surface area contributed by atoms with Crippen LogP contribution in [0.5, 0.6) is 0 Å². The quantitative estimate of drug-likeness (QED) is 0.826. The van der Waals surface area contributed by atoms with E-state index in [0.717, 1.165) is 5.56 Å². The molecule has 102 valence electrons. The number of carbonyl (C=O) groups excluding carboxylic acids is 1. The van der Waals surface area contributed by atoms with E-state index in [2.05, 4.69) is 5.32 Å². The second-order valence-electron chi connectivity index (χ2n) is 4.41. The van der Waals surface area contributed by atoms with Gasteiger partial charge in [0.25, 0.3) is 0 Å². The fourth-order valence-corrected chi connectivity index (χ4v) is 1.96. The predicted octanol–water partition coefficient (Wildman–Crippen LogP) is 4.15. The van der Waals surface area contributed by atoms with Gasteiger partial charge in [0.2, 0.25) is 0 Å². The Balaban J connectivity index is 2.03. The van der Waals surface area contributed by atoms with Gasteiger partial charge < -0.3 is 5.32 Å². The van der Waals surface area contributed by atoms with E-state index in [4.69, 9.17) is 0 Å². The summed E-state index contributed by atoms with van der Waals surface area (Å²) in [5, 5.41) is 3.06. The number of ketones is 1. The number of Topliss-reactive ketones (excluding diaryl/α,β-unsaturated/α-hetero) is 1. The molecule has 0 saturated carbocycles. The minimum absolute atomic E-state index is 0.112. The summed E-state index contributed by atoms with van der Waals surface area (Å²) in [4.78, 5) is 11.4. The topological polar surface area (TPSA) is 29.1 Å². The molecular weight excluding hydrogens is 253 g/mol. The third-order valence-electron chi connectivity index (χ3n) is 2.89. The maximum absolute atomic E-state index is 13.6. The highest BCUT2D eigenvalue weighted by Crippen LogP contribution is 2.19. The second-order valence-corrected chi connectivity index (χ2v) is 4.41. The molecule has 2 nitrogen and oxygen atoms in total. The van der Waals surface area contributed by atoms with E-state index in [1.807, 2.05) is 42.5 Å². The minimum Gasteiger partial charge on any atom is -0.381 e. The van der Waals surface area contributed by atoms with Crippen molar-refractivity contribution in [2.24, 2.45) is 0 Å². The number of anilines is 1. The van der Waals surface area contributed by atoms with E-state index in [-0.39, 0.29) is 11.3 Å². The van der Waals surface area contributed by atoms with E-state index in [1.165, 1.54) is 13.0 Å². The van der Waals surface area contributed by atoms with Crippen molar-refractivity contribution in [1.82, 2.24) is 0 Å². The van der Waals surface area contributed by atoms with Gasteiger partial charge in [-0.3, -0.25) is 4.79 Å². The van der Waals surface area contributed by atoms with E-state index in [9.17, 15) is 9.18 Å². The zero-order valence-electron chi connectivity index (χ0n) is 11.3. The van der Waals surface area contributed by atoms with Crippen molar-refractivity contribution < 1.29 is 9.18 Å². The third-order valence-corrected chi connectivity index (χ3v) is 2.89. The first-order chi connectivity index (χ1) is 9.68. The SMILES string of the molecule is CC(=O)c1c(F)cccc1NC/C=C/c1ccccc1. The van der Waals surface area contributed by atoms with Gasteiger partial charge in [0.1, 0.15) is 5.82 Å². The van der Waals surface area contributed by atoms with Crippen LogP contribution in [-0.2, 0) is 0 Å². The fraction of sp³-hybridized carbons (Fsp3) is 0.118. The standard InChI is InChI=1S/C17H16FNO/c1-13(20)17-15(18)10-5-11-16(17)19-12-6-9-14-7-3-2-4-8-14/h2-11,19H,12H2,1H3/b9-6+. The zero-order valence-corrected chi connectivity index (χ0v) is 11.3. The van der Waals surface area contributed by atoms with Crippen LogP contribution in [0.1, 0.15) is 22.8 Å². The van der Waals surface area contributed by atoms with E-state index < -0.39 is 5.82 Å². The van der Waals surface area contributed by atoms with Gasteiger partial charge in [-0.1, -0.05) is 48.6 Å². The molecule has 0 aromatic heterocycles. The van der Waals surface area contributed by atoms with Crippen LogP contribution in [0.4, 0.5) is 10.1 Å². The van der Waals surface area contributed by atoms with Gasteiger partial charge in [0.15, 0.2) is 5.78 Å². The fourth-order valence-electron chi connectivity index (χ4n) is 1.96. The number of hydrogen-bond donors (Lipinski definition) is 1. The molecule has 0 unspecified atom stereocenters. The molecule has 0 aliphatic carbocycles. The number of nitrogens with one attached hydrogen (secondary N) is 1. The van der Waals surface area contributed by atoms with Crippen molar-refractivity contribution in [3.63, 3.8) is 0 Å². The molecule has 0 bridgehead atoms. The van der Waals surface area contributed by atoms with E-state index in [0.29, 0.717) is 12.2 Å². The lowest BCUT2D eigenvalue weighted by molar-refractivity contribution is 0.101. The van der Waals surface area contributed by atoms with Crippen molar-refractivity contribution in [3.8, 4) is 0 Å². The van der Waals surface area contributed by atoms with Crippen LogP contribution in [0.2, 0.25) is 0 Å². The molecule has 0 atom stereocenters. The van der Waals surface area contributed by atoms with Crippen LogP contribution >= 0.6 is 0 Å². The maximum atomic E-state index is 13.6. The predicted molar refractivity (Wildman–Crippen MR) is 80.4 cm³/mol. The summed E-state index contributed by atoms with van der Waals surface area (Å²) in [6, 6.07) is 14.5. The Kier molecular flexibility index (Phi) is 4.66. The molecule has 0 fully saturated rings. The van der Waals surface area contributed by atoms with Gasteiger partial charge in [-0.25, -0.2) is 4.39 Å². The lowest BCUT2D eigenvalue weighted by atomic mass is 10.1. The summed E-state index contributed by atoms with van der Waals surface area (Å²) < 4.78 is 13.6. The normalized spacial score (nSPS) is 10.7. The monoisotopic (exact) mass is 269 g/mol. The highest BCUT2D eigenvalue weighted by atomic mass is 19.1. The first-order valence-electron chi connectivity index (χ1n) is 6.43. The smallest absolute Gasteiger partial charge is 0.164 e. The first kappa shape index (κ1) is 14.0. The van der Waals surface area contributed by atoms with Crippen molar-refractivity contribution in [2.75, 3.05) is 11.9 Å². The van der Waals surface area contributed by atoms with Crippen LogP contribution < -0.4 is 5.32 Å². The van der Waals surface area contributed by atoms with E-state index in [1.54, 1.807) is 12.1 Å². The molecule has 1 N–H and O–H groups in total. The van der Waals surface area contributed by atoms with Crippen molar-refractivity contribution >= 4 is 17.5 Å². The van der Waals surface area contributed by atoms with Crippen molar-refractivity contribution in [3.05, 3.63) is 71.6 Å². The Morgan fingerprint density at radius 2 is 1.90 bits per heavy atom. The van der Waals surface area contributed by atoms with Gasteiger partial charge in [-0.15, -0.1) is 0 Å². The van der Waals surface area contributed by atoms with Crippen molar-refractivity contribution in [2.45, 2.75) is 6.92 Å². The summed E-state index contributed by atoms with van der Waals surface area (Å²) in [6.07, 6.45) is 3.91. The Bertz CT molecular complexity index is 620. The molecule has 0 radical (unpaired) electrons. The molecule has 0 saturated heterocycles.